The maximum atomic E-state index is 12.3. The van der Waals surface area contributed by atoms with Crippen LogP contribution in [0.15, 0.2) is 12.3 Å². The smallest absolute Gasteiger partial charge is 0.212 e. The molecule has 0 saturated heterocycles. The molecule has 1 aromatic heterocycles. The van der Waals surface area contributed by atoms with Gasteiger partial charge in [-0.3, -0.25) is 9.48 Å². The third kappa shape index (κ3) is 2.32. The van der Waals surface area contributed by atoms with E-state index in [-0.39, 0.29) is 5.78 Å². The van der Waals surface area contributed by atoms with Crippen LogP contribution in [0.25, 0.3) is 0 Å². The molecule has 0 fully saturated rings. The van der Waals surface area contributed by atoms with Gasteiger partial charge in [0.1, 0.15) is 11.3 Å². The molecule has 0 N–H and O–H groups in total. The molecule has 1 aromatic rings. The van der Waals surface area contributed by atoms with Crippen LogP contribution in [-0.2, 0) is 11.3 Å². The number of ketones is 1. The standard InChI is InChI=1S/C12H20N2O2/c1-5-12(4,16-7-3)11(15)10-8-9-13-14(10)6-2/h8-9H,5-7H2,1-4H3. The lowest BCUT2D eigenvalue weighted by atomic mass is 9.95. The van der Waals surface area contributed by atoms with E-state index in [1.807, 2.05) is 27.7 Å². The summed E-state index contributed by atoms with van der Waals surface area (Å²) in [5, 5.41) is 4.10. The van der Waals surface area contributed by atoms with Crippen molar-refractivity contribution in [2.45, 2.75) is 46.3 Å². The van der Waals surface area contributed by atoms with Crippen molar-refractivity contribution < 1.29 is 9.53 Å². The number of carbonyl (C=O) groups excluding carboxylic acids is 1. The van der Waals surface area contributed by atoms with Gasteiger partial charge in [-0.25, -0.2) is 0 Å². The summed E-state index contributed by atoms with van der Waals surface area (Å²) in [6.07, 6.45) is 2.31. The molecular weight excluding hydrogens is 204 g/mol. The summed E-state index contributed by atoms with van der Waals surface area (Å²) < 4.78 is 7.28. The van der Waals surface area contributed by atoms with Crippen molar-refractivity contribution >= 4 is 5.78 Å². The lowest BCUT2D eigenvalue weighted by Gasteiger charge is -2.26. The Morgan fingerprint density at radius 2 is 2.19 bits per heavy atom. The van der Waals surface area contributed by atoms with Crippen molar-refractivity contribution in [3.63, 3.8) is 0 Å². The Bertz CT molecular complexity index is 360. The third-order valence-electron chi connectivity index (χ3n) is 2.87. The first-order chi connectivity index (χ1) is 7.59. The summed E-state index contributed by atoms with van der Waals surface area (Å²) >= 11 is 0. The molecule has 4 nitrogen and oxygen atoms in total. The van der Waals surface area contributed by atoms with Gasteiger partial charge in [-0.2, -0.15) is 5.10 Å². The van der Waals surface area contributed by atoms with E-state index in [9.17, 15) is 4.79 Å². The zero-order valence-corrected chi connectivity index (χ0v) is 10.5. The van der Waals surface area contributed by atoms with Gasteiger partial charge in [-0.05, 0) is 33.3 Å². The van der Waals surface area contributed by atoms with Crippen LogP contribution < -0.4 is 0 Å². The number of carbonyl (C=O) groups is 1. The molecule has 0 amide bonds. The second-order valence-corrected chi connectivity index (χ2v) is 3.88. The number of aromatic nitrogens is 2. The van der Waals surface area contributed by atoms with Crippen LogP contribution >= 0.6 is 0 Å². The normalized spacial score (nSPS) is 14.8. The van der Waals surface area contributed by atoms with Gasteiger partial charge in [0.25, 0.3) is 0 Å². The van der Waals surface area contributed by atoms with Crippen molar-refractivity contribution in [1.82, 2.24) is 9.78 Å². The van der Waals surface area contributed by atoms with Crippen LogP contribution in [0, 0.1) is 0 Å². The first-order valence-corrected chi connectivity index (χ1v) is 5.79. The Morgan fingerprint density at radius 3 is 2.69 bits per heavy atom. The molecule has 1 heterocycles. The molecule has 16 heavy (non-hydrogen) atoms. The molecular formula is C12H20N2O2. The number of rotatable bonds is 6. The van der Waals surface area contributed by atoms with Gasteiger partial charge in [0, 0.05) is 19.3 Å². The molecule has 0 aliphatic heterocycles. The van der Waals surface area contributed by atoms with E-state index in [0.29, 0.717) is 25.3 Å². The quantitative estimate of drug-likeness (QED) is 0.696. The van der Waals surface area contributed by atoms with Crippen LogP contribution in [-0.4, -0.2) is 27.8 Å². The van der Waals surface area contributed by atoms with E-state index < -0.39 is 5.60 Å². The van der Waals surface area contributed by atoms with Crippen LogP contribution in [0.3, 0.4) is 0 Å². The second-order valence-electron chi connectivity index (χ2n) is 3.88. The van der Waals surface area contributed by atoms with Crippen molar-refractivity contribution in [2.75, 3.05) is 6.61 Å². The third-order valence-corrected chi connectivity index (χ3v) is 2.87. The number of hydrogen-bond donors (Lipinski definition) is 0. The maximum Gasteiger partial charge on any atom is 0.212 e. The summed E-state index contributed by atoms with van der Waals surface area (Å²) in [7, 11) is 0. The van der Waals surface area contributed by atoms with Gasteiger partial charge < -0.3 is 4.74 Å². The van der Waals surface area contributed by atoms with E-state index in [1.165, 1.54) is 0 Å². The minimum atomic E-state index is -0.734. The van der Waals surface area contributed by atoms with Crippen LogP contribution in [0.4, 0.5) is 0 Å². The Hall–Kier alpha value is -1.16. The first kappa shape index (κ1) is 12.9. The number of Topliss-reactive ketones (excluding diaryl/α,β-unsaturated/α-hetero) is 1. The molecule has 0 bridgehead atoms. The van der Waals surface area contributed by atoms with E-state index in [2.05, 4.69) is 5.10 Å². The number of nitrogens with zero attached hydrogens (tertiary/aromatic N) is 2. The molecule has 1 atom stereocenters. The van der Waals surface area contributed by atoms with E-state index in [1.54, 1.807) is 16.9 Å². The topological polar surface area (TPSA) is 44.1 Å². The molecule has 1 rings (SSSR count). The van der Waals surface area contributed by atoms with Gasteiger partial charge in [-0.1, -0.05) is 6.92 Å². The Morgan fingerprint density at radius 1 is 1.50 bits per heavy atom. The average molecular weight is 224 g/mol. The largest absolute Gasteiger partial charge is 0.367 e. The monoisotopic (exact) mass is 224 g/mol. The summed E-state index contributed by atoms with van der Waals surface area (Å²) in [6.45, 7) is 8.90. The summed E-state index contributed by atoms with van der Waals surface area (Å²) in [6, 6.07) is 1.75. The summed E-state index contributed by atoms with van der Waals surface area (Å²) in [5.74, 6) is 0.0104. The Kier molecular flexibility index (Phi) is 4.24. The zero-order valence-electron chi connectivity index (χ0n) is 10.5. The predicted octanol–water partition coefficient (Wildman–Crippen LogP) is 2.29. The first-order valence-electron chi connectivity index (χ1n) is 5.79. The zero-order chi connectivity index (χ0) is 12.2. The van der Waals surface area contributed by atoms with Crippen LogP contribution in [0.5, 0.6) is 0 Å². The molecule has 0 aliphatic rings. The van der Waals surface area contributed by atoms with E-state index in [0.717, 1.165) is 0 Å². The summed E-state index contributed by atoms with van der Waals surface area (Å²) in [4.78, 5) is 12.3. The lowest BCUT2D eigenvalue weighted by Crippen LogP contribution is -2.39. The van der Waals surface area contributed by atoms with Crippen molar-refractivity contribution in [3.8, 4) is 0 Å². The van der Waals surface area contributed by atoms with Crippen molar-refractivity contribution in [1.29, 1.82) is 0 Å². The lowest BCUT2D eigenvalue weighted by molar-refractivity contribution is -0.0123. The number of hydrogen-bond acceptors (Lipinski definition) is 3. The van der Waals surface area contributed by atoms with Gasteiger partial charge in [-0.15, -0.1) is 0 Å². The highest BCUT2D eigenvalue weighted by atomic mass is 16.5. The highest BCUT2D eigenvalue weighted by Crippen LogP contribution is 2.21. The predicted molar refractivity (Wildman–Crippen MR) is 62.6 cm³/mol. The van der Waals surface area contributed by atoms with Gasteiger partial charge in [0.2, 0.25) is 5.78 Å². The van der Waals surface area contributed by atoms with Gasteiger partial charge in [0.15, 0.2) is 0 Å². The van der Waals surface area contributed by atoms with E-state index in [4.69, 9.17) is 4.74 Å². The highest BCUT2D eigenvalue weighted by molar-refractivity contribution is 6.00. The Balaban J connectivity index is 2.99. The minimum Gasteiger partial charge on any atom is -0.367 e. The van der Waals surface area contributed by atoms with Gasteiger partial charge >= 0.3 is 0 Å². The molecule has 0 spiro atoms. The molecule has 0 aliphatic carbocycles. The molecule has 0 saturated carbocycles. The van der Waals surface area contributed by atoms with Gasteiger partial charge in [0.05, 0.1) is 0 Å². The maximum absolute atomic E-state index is 12.3. The number of ether oxygens (including phenoxy) is 1. The average Bonchev–Trinajstić information content (AvgIpc) is 2.76. The Labute approximate surface area is 96.6 Å². The fourth-order valence-corrected chi connectivity index (χ4v) is 1.70. The molecule has 90 valence electrons. The van der Waals surface area contributed by atoms with Crippen molar-refractivity contribution in [3.05, 3.63) is 18.0 Å². The molecule has 1 unspecified atom stereocenters. The molecule has 0 radical (unpaired) electrons. The van der Waals surface area contributed by atoms with Crippen LogP contribution in [0.2, 0.25) is 0 Å². The van der Waals surface area contributed by atoms with Crippen LogP contribution in [0.1, 0.15) is 44.6 Å². The molecule has 4 heteroatoms. The fraction of sp³-hybridized carbons (Fsp3) is 0.667. The fourth-order valence-electron chi connectivity index (χ4n) is 1.70. The number of aryl methyl sites for hydroxylation is 1. The second kappa shape index (κ2) is 5.25. The van der Waals surface area contributed by atoms with E-state index >= 15 is 0 Å². The minimum absolute atomic E-state index is 0.0104. The highest BCUT2D eigenvalue weighted by Gasteiger charge is 2.34. The molecule has 0 aromatic carbocycles. The summed E-state index contributed by atoms with van der Waals surface area (Å²) in [5.41, 5.74) is -0.109. The van der Waals surface area contributed by atoms with Crippen molar-refractivity contribution in [2.24, 2.45) is 0 Å². The SMILES string of the molecule is CCOC(C)(CC)C(=O)c1ccnn1CC.